The van der Waals surface area contributed by atoms with Gasteiger partial charge in [0, 0.05) is 28.7 Å². The van der Waals surface area contributed by atoms with Gasteiger partial charge in [0.2, 0.25) is 5.88 Å². The van der Waals surface area contributed by atoms with E-state index in [9.17, 15) is 10.2 Å². The molecular formula is C25H44N2O2. The van der Waals surface area contributed by atoms with Crippen molar-refractivity contribution in [3.63, 3.8) is 0 Å². The van der Waals surface area contributed by atoms with Gasteiger partial charge in [-0.3, -0.25) is 4.57 Å². The molecule has 3 N–H and O–H groups in total. The molecule has 1 aliphatic rings. The molecule has 29 heavy (non-hydrogen) atoms. The Labute approximate surface area is 178 Å². The van der Waals surface area contributed by atoms with E-state index in [0.29, 0.717) is 0 Å². The van der Waals surface area contributed by atoms with Gasteiger partial charge in [0.1, 0.15) is 0 Å². The molecule has 166 valence electrons. The van der Waals surface area contributed by atoms with Crippen molar-refractivity contribution in [3.8, 4) is 11.8 Å². The topological polar surface area (TPSA) is 57.4 Å². The molecule has 0 radical (unpaired) electrons. The molecule has 0 aliphatic carbocycles. The van der Waals surface area contributed by atoms with Crippen molar-refractivity contribution in [2.75, 3.05) is 0 Å². The third-order valence-corrected chi connectivity index (χ3v) is 6.07. The molecule has 1 saturated heterocycles. The minimum Gasteiger partial charge on any atom is -0.494 e. The van der Waals surface area contributed by atoms with Gasteiger partial charge in [-0.05, 0) is 53.4 Å². The molecule has 0 aromatic carbocycles. The lowest BCUT2D eigenvalue weighted by Crippen LogP contribution is -2.57. The summed E-state index contributed by atoms with van der Waals surface area (Å²) in [5, 5.41) is 25.0. The molecule has 1 fully saturated rings. The Hall–Kier alpha value is -1.42. The van der Waals surface area contributed by atoms with E-state index in [1.54, 1.807) is 10.6 Å². The van der Waals surface area contributed by atoms with Crippen LogP contribution in [0.1, 0.15) is 117 Å². The highest BCUT2D eigenvalue weighted by molar-refractivity contribution is 5.58. The Bertz CT molecular complexity index is 642. The number of unbranched alkanes of at least 4 members (excludes halogenated alkanes) is 8. The summed E-state index contributed by atoms with van der Waals surface area (Å²) in [5.74, 6) is 0.348. The summed E-state index contributed by atoms with van der Waals surface area (Å²) >= 11 is 0. The fourth-order valence-corrected chi connectivity index (χ4v) is 5.06. The average molecular weight is 405 g/mol. The van der Waals surface area contributed by atoms with Crippen molar-refractivity contribution < 1.29 is 10.2 Å². The van der Waals surface area contributed by atoms with Gasteiger partial charge in [-0.2, -0.15) is 0 Å². The molecule has 0 spiro atoms. The number of hydrogen-bond acceptors (Lipinski definition) is 3. The van der Waals surface area contributed by atoms with E-state index in [2.05, 4.69) is 46.0 Å². The van der Waals surface area contributed by atoms with E-state index in [1.807, 2.05) is 6.08 Å². The normalized spacial score (nSPS) is 19.2. The zero-order chi connectivity index (χ0) is 21.5. The van der Waals surface area contributed by atoms with Gasteiger partial charge >= 0.3 is 0 Å². The van der Waals surface area contributed by atoms with E-state index < -0.39 is 0 Å². The summed E-state index contributed by atoms with van der Waals surface area (Å²) in [6.45, 7) is 11.0. The fraction of sp³-hybridized carbons (Fsp3) is 0.760. The lowest BCUT2D eigenvalue weighted by Gasteiger charge is -2.47. The second-order valence-corrected chi connectivity index (χ2v) is 10.3. The minimum atomic E-state index is -0.0396. The maximum absolute atomic E-state index is 10.8. The molecule has 4 heteroatoms. The van der Waals surface area contributed by atoms with Gasteiger partial charge in [0.15, 0.2) is 5.88 Å². The van der Waals surface area contributed by atoms with Crippen LogP contribution in [0, 0.1) is 0 Å². The maximum Gasteiger partial charge on any atom is 0.201 e. The predicted molar refractivity (Wildman–Crippen MR) is 124 cm³/mol. The summed E-state index contributed by atoms with van der Waals surface area (Å²) in [5.41, 5.74) is 0.640. The van der Waals surface area contributed by atoms with Crippen LogP contribution in [0.3, 0.4) is 0 Å². The molecule has 0 atom stereocenters. The van der Waals surface area contributed by atoms with E-state index in [1.165, 1.54) is 51.4 Å². The third kappa shape index (κ3) is 7.40. The Kier molecular flexibility index (Phi) is 8.69. The van der Waals surface area contributed by atoms with Crippen molar-refractivity contribution in [1.29, 1.82) is 0 Å². The molecule has 0 saturated carbocycles. The van der Waals surface area contributed by atoms with E-state index in [0.717, 1.165) is 24.8 Å². The lowest BCUT2D eigenvalue weighted by molar-refractivity contribution is 0.123. The largest absolute Gasteiger partial charge is 0.494 e. The number of nitrogens with one attached hydrogen (secondary N) is 1. The molecule has 1 aromatic heterocycles. The molecule has 2 rings (SSSR count). The molecule has 0 amide bonds. The SMILES string of the molecule is CCCCCCCCCCC=Cc1cc(O)n(C2CC(C)(C)NC(C)(C)C2)c1O. The molecular weight excluding hydrogens is 360 g/mol. The molecule has 2 heterocycles. The third-order valence-electron chi connectivity index (χ3n) is 6.07. The monoisotopic (exact) mass is 404 g/mol. The summed E-state index contributed by atoms with van der Waals surface area (Å²) in [4.78, 5) is 0. The van der Waals surface area contributed by atoms with Crippen LogP contribution >= 0.6 is 0 Å². The van der Waals surface area contributed by atoms with Gasteiger partial charge in [0.05, 0.1) is 0 Å². The number of rotatable bonds is 11. The number of aromatic hydroxyl groups is 2. The summed E-state index contributed by atoms with van der Waals surface area (Å²) in [6.07, 6.45) is 17.4. The zero-order valence-corrected chi connectivity index (χ0v) is 19.4. The van der Waals surface area contributed by atoms with Crippen LogP contribution in [0.4, 0.5) is 0 Å². The van der Waals surface area contributed by atoms with Gasteiger partial charge in [-0.25, -0.2) is 0 Å². The van der Waals surface area contributed by atoms with Crippen LogP contribution in [-0.4, -0.2) is 25.9 Å². The highest BCUT2D eigenvalue weighted by Gasteiger charge is 2.39. The van der Waals surface area contributed by atoms with Gasteiger partial charge in [-0.1, -0.05) is 64.0 Å². The Balaban J connectivity index is 1.87. The summed E-state index contributed by atoms with van der Waals surface area (Å²) < 4.78 is 1.72. The Morgan fingerprint density at radius 1 is 0.966 bits per heavy atom. The van der Waals surface area contributed by atoms with E-state index in [4.69, 9.17) is 0 Å². The second-order valence-electron chi connectivity index (χ2n) is 10.3. The Morgan fingerprint density at radius 3 is 2.10 bits per heavy atom. The fourth-order valence-electron chi connectivity index (χ4n) is 5.06. The maximum atomic E-state index is 10.8. The summed E-state index contributed by atoms with van der Waals surface area (Å²) in [7, 11) is 0. The van der Waals surface area contributed by atoms with Crippen LogP contribution in [0.2, 0.25) is 0 Å². The number of allylic oxidation sites excluding steroid dienone is 1. The average Bonchev–Trinajstić information content (AvgIpc) is 2.87. The van der Waals surface area contributed by atoms with Crippen LogP contribution in [0.15, 0.2) is 12.1 Å². The van der Waals surface area contributed by atoms with E-state index >= 15 is 0 Å². The van der Waals surface area contributed by atoms with Gasteiger partial charge in [-0.15, -0.1) is 0 Å². The van der Waals surface area contributed by atoms with Crippen LogP contribution in [0.25, 0.3) is 6.08 Å². The van der Waals surface area contributed by atoms with Crippen molar-refractivity contribution in [2.24, 2.45) is 0 Å². The van der Waals surface area contributed by atoms with Crippen LogP contribution < -0.4 is 5.32 Å². The van der Waals surface area contributed by atoms with Crippen molar-refractivity contribution in [1.82, 2.24) is 9.88 Å². The van der Waals surface area contributed by atoms with Crippen molar-refractivity contribution in [3.05, 3.63) is 17.7 Å². The lowest BCUT2D eigenvalue weighted by atomic mass is 9.79. The standard InChI is InChI=1S/C25H44N2O2/c1-6-7-8-9-10-11-12-13-14-15-16-20-17-22(28)27(23(20)29)21-18-24(2,3)26-25(4,5)19-21/h15-17,21,26,28-29H,6-14,18-19H2,1-5H3. The molecule has 0 bridgehead atoms. The first-order chi connectivity index (χ1) is 13.7. The van der Waals surface area contributed by atoms with Crippen molar-refractivity contribution >= 4 is 6.08 Å². The first-order valence-electron chi connectivity index (χ1n) is 11.7. The molecule has 1 aliphatic heterocycles. The number of hydrogen-bond donors (Lipinski definition) is 3. The zero-order valence-electron chi connectivity index (χ0n) is 19.4. The second kappa shape index (κ2) is 10.6. The highest BCUT2D eigenvalue weighted by Crippen LogP contribution is 2.42. The quantitative estimate of drug-likeness (QED) is 0.351. The minimum absolute atomic E-state index is 0.0396. The highest BCUT2D eigenvalue weighted by atomic mass is 16.3. The Morgan fingerprint density at radius 2 is 1.52 bits per heavy atom. The molecule has 4 nitrogen and oxygen atoms in total. The number of aromatic nitrogens is 1. The number of piperidine rings is 1. The summed E-state index contributed by atoms with van der Waals surface area (Å²) in [6, 6.07) is 1.78. The van der Waals surface area contributed by atoms with E-state index in [-0.39, 0.29) is 28.9 Å². The van der Waals surface area contributed by atoms with Crippen LogP contribution in [-0.2, 0) is 0 Å². The smallest absolute Gasteiger partial charge is 0.201 e. The molecule has 1 aromatic rings. The number of nitrogens with zero attached hydrogens (tertiary/aromatic N) is 1. The van der Waals surface area contributed by atoms with Crippen LogP contribution in [0.5, 0.6) is 11.8 Å². The first-order valence-corrected chi connectivity index (χ1v) is 11.7. The first kappa shape index (κ1) is 23.9. The molecule has 0 unspecified atom stereocenters. The van der Waals surface area contributed by atoms with Crippen molar-refractivity contribution in [2.45, 2.75) is 122 Å². The van der Waals surface area contributed by atoms with Gasteiger partial charge in [0.25, 0.3) is 0 Å². The predicted octanol–water partition coefficient (Wildman–Crippen LogP) is 6.93. The van der Waals surface area contributed by atoms with Gasteiger partial charge < -0.3 is 15.5 Å².